The molecule has 0 aliphatic heterocycles. The molecule has 3 heterocycles. The third-order valence-electron chi connectivity index (χ3n) is 5.45. The standard InChI is InChI=1S/C23H22N6O4/c1-31-16-5-6-20(32-2)17(11-16)19-7-9-24-23(27-19)29-21(14-3-4-14)18(13-26-29)22(30)25-12-15-8-10-33-28-15/h5-11,13-14H,3-4,12H2,1-2H3,(H,25,30). The number of nitrogens with zero attached hydrogens (tertiary/aromatic N) is 5. The first-order valence-electron chi connectivity index (χ1n) is 10.5. The molecule has 1 saturated carbocycles. The summed E-state index contributed by atoms with van der Waals surface area (Å²) >= 11 is 0. The van der Waals surface area contributed by atoms with Crippen LogP contribution < -0.4 is 14.8 Å². The largest absolute Gasteiger partial charge is 0.497 e. The SMILES string of the molecule is COc1ccc(OC)c(-c2ccnc(-n3ncc(C(=O)NCc4ccon4)c3C3CC3)n2)c1. The van der Waals surface area contributed by atoms with Gasteiger partial charge in [0.15, 0.2) is 0 Å². The topological polar surface area (TPSA) is 117 Å². The second-order valence-electron chi connectivity index (χ2n) is 7.61. The summed E-state index contributed by atoms with van der Waals surface area (Å²) in [6.07, 6.45) is 6.67. The normalized spacial score (nSPS) is 13.0. The molecule has 0 spiro atoms. The van der Waals surface area contributed by atoms with Crippen LogP contribution in [0.2, 0.25) is 0 Å². The number of aromatic nitrogens is 5. The lowest BCUT2D eigenvalue weighted by Crippen LogP contribution is -2.24. The lowest BCUT2D eigenvalue weighted by Gasteiger charge is -2.12. The van der Waals surface area contributed by atoms with E-state index in [2.05, 4.69) is 20.6 Å². The molecule has 0 atom stereocenters. The van der Waals surface area contributed by atoms with Crippen molar-refractivity contribution in [3.8, 4) is 28.7 Å². The van der Waals surface area contributed by atoms with E-state index in [1.807, 2.05) is 18.2 Å². The minimum atomic E-state index is -0.225. The zero-order valence-corrected chi connectivity index (χ0v) is 18.2. The molecular weight excluding hydrogens is 424 g/mol. The van der Waals surface area contributed by atoms with E-state index in [4.69, 9.17) is 19.0 Å². The van der Waals surface area contributed by atoms with E-state index in [-0.39, 0.29) is 18.4 Å². The highest BCUT2D eigenvalue weighted by molar-refractivity contribution is 5.95. The Hall–Kier alpha value is -4.21. The van der Waals surface area contributed by atoms with Gasteiger partial charge in [0.1, 0.15) is 23.5 Å². The predicted octanol–water partition coefficient (Wildman–Crippen LogP) is 3.14. The van der Waals surface area contributed by atoms with Crippen molar-refractivity contribution in [1.82, 2.24) is 30.2 Å². The molecule has 1 amide bonds. The molecule has 10 nitrogen and oxygen atoms in total. The fourth-order valence-corrected chi connectivity index (χ4v) is 3.65. The van der Waals surface area contributed by atoms with Gasteiger partial charge >= 0.3 is 0 Å². The maximum Gasteiger partial charge on any atom is 0.255 e. The maximum atomic E-state index is 12.9. The lowest BCUT2D eigenvalue weighted by atomic mass is 10.1. The molecule has 1 fully saturated rings. The average molecular weight is 446 g/mol. The minimum Gasteiger partial charge on any atom is -0.497 e. The lowest BCUT2D eigenvalue weighted by molar-refractivity contribution is 0.0949. The zero-order chi connectivity index (χ0) is 22.8. The van der Waals surface area contributed by atoms with Gasteiger partial charge in [-0.3, -0.25) is 4.79 Å². The van der Waals surface area contributed by atoms with Crippen molar-refractivity contribution in [3.05, 3.63) is 65.9 Å². The van der Waals surface area contributed by atoms with E-state index >= 15 is 0 Å². The summed E-state index contributed by atoms with van der Waals surface area (Å²) in [6.45, 7) is 0.270. The number of hydrogen-bond acceptors (Lipinski definition) is 8. The first kappa shape index (κ1) is 20.7. The molecule has 5 rings (SSSR count). The summed E-state index contributed by atoms with van der Waals surface area (Å²) in [4.78, 5) is 22.0. The van der Waals surface area contributed by atoms with Crippen LogP contribution in [0.3, 0.4) is 0 Å². The predicted molar refractivity (Wildman–Crippen MR) is 117 cm³/mol. The fraction of sp³-hybridized carbons (Fsp3) is 0.261. The van der Waals surface area contributed by atoms with Crippen molar-refractivity contribution in [1.29, 1.82) is 0 Å². The molecule has 168 valence electrons. The molecule has 3 aromatic heterocycles. The summed E-state index contributed by atoms with van der Waals surface area (Å²) in [7, 11) is 3.22. The number of amides is 1. The highest BCUT2D eigenvalue weighted by atomic mass is 16.5. The van der Waals surface area contributed by atoms with E-state index in [0.717, 1.165) is 24.1 Å². The van der Waals surface area contributed by atoms with Gasteiger partial charge in [-0.1, -0.05) is 5.16 Å². The smallest absolute Gasteiger partial charge is 0.255 e. The molecule has 1 N–H and O–H groups in total. The van der Waals surface area contributed by atoms with E-state index in [0.29, 0.717) is 34.4 Å². The Bertz CT molecular complexity index is 1280. The Kier molecular flexibility index (Phi) is 5.47. The number of methoxy groups -OCH3 is 2. The molecule has 1 aliphatic rings. The van der Waals surface area contributed by atoms with Crippen LogP contribution in [-0.4, -0.2) is 45.0 Å². The van der Waals surface area contributed by atoms with Gasteiger partial charge in [0, 0.05) is 23.7 Å². The highest BCUT2D eigenvalue weighted by Gasteiger charge is 2.33. The van der Waals surface area contributed by atoms with Gasteiger partial charge in [0.05, 0.1) is 43.9 Å². The number of ether oxygens (including phenoxy) is 2. The summed E-state index contributed by atoms with van der Waals surface area (Å²) in [5.41, 5.74) is 3.39. The van der Waals surface area contributed by atoms with Gasteiger partial charge < -0.3 is 19.3 Å². The molecule has 0 bridgehead atoms. The van der Waals surface area contributed by atoms with Crippen LogP contribution in [-0.2, 0) is 6.54 Å². The van der Waals surface area contributed by atoms with E-state index in [1.165, 1.54) is 6.26 Å². The quantitative estimate of drug-likeness (QED) is 0.439. The average Bonchev–Trinajstić information content (AvgIpc) is 3.37. The number of rotatable bonds is 8. The fourth-order valence-electron chi connectivity index (χ4n) is 3.65. The van der Waals surface area contributed by atoms with Crippen molar-refractivity contribution in [2.24, 2.45) is 0 Å². The van der Waals surface area contributed by atoms with Gasteiger partial charge in [0.25, 0.3) is 11.9 Å². The zero-order valence-electron chi connectivity index (χ0n) is 18.2. The molecule has 1 aliphatic carbocycles. The first-order chi connectivity index (χ1) is 16.2. The van der Waals surface area contributed by atoms with E-state index in [1.54, 1.807) is 43.4 Å². The Balaban J connectivity index is 1.49. The van der Waals surface area contributed by atoms with Crippen molar-refractivity contribution in [2.45, 2.75) is 25.3 Å². The van der Waals surface area contributed by atoms with Gasteiger partial charge in [-0.25, -0.2) is 14.6 Å². The molecular formula is C23H22N6O4. The van der Waals surface area contributed by atoms with Crippen LogP contribution in [0.25, 0.3) is 17.2 Å². The summed E-state index contributed by atoms with van der Waals surface area (Å²) in [6, 6.07) is 9.02. The molecule has 0 unspecified atom stereocenters. The van der Waals surface area contributed by atoms with E-state index < -0.39 is 0 Å². The van der Waals surface area contributed by atoms with Gasteiger partial charge in [-0.2, -0.15) is 5.10 Å². The highest BCUT2D eigenvalue weighted by Crippen LogP contribution is 2.42. The summed E-state index contributed by atoms with van der Waals surface area (Å²) in [5.74, 6) is 1.75. The van der Waals surface area contributed by atoms with Crippen LogP contribution in [0, 0.1) is 0 Å². The van der Waals surface area contributed by atoms with Gasteiger partial charge in [-0.15, -0.1) is 0 Å². The van der Waals surface area contributed by atoms with Crippen molar-refractivity contribution < 1.29 is 18.8 Å². The number of carbonyl (C=O) groups excluding carboxylic acids is 1. The van der Waals surface area contributed by atoms with Crippen molar-refractivity contribution >= 4 is 5.91 Å². The maximum absolute atomic E-state index is 12.9. The number of hydrogen-bond donors (Lipinski definition) is 1. The first-order valence-corrected chi connectivity index (χ1v) is 10.5. The monoisotopic (exact) mass is 446 g/mol. The van der Waals surface area contributed by atoms with Crippen molar-refractivity contribution in [3.63, 3.8) is 0 Å². The number of nitrogens with one attached hydrogen (secondary N) is 1. The molecule has 0 saturated heterocycles. The minimum absolute atomic E-state index is 0.225. The van der Waals surface area contributed by atoms with Crippen LogP contribution >= 0.6 is 0 Å². The van der Waals surface area contributed by atoms with Gasteiger partial charge in [0.2, 0.25) is 0 Å². The Morgan fingerprint density at radius 2 is 2.09 bits per heavy atom. The molecule has 10 heteroatoms. The Morgan fingerprint density at radius 1 is 1.21 bits per heavy atom. The molecule has 33 heavy (non-hydrogen) atoms. The molecule has 0 radical (unpaired) electrons. The number of benzene rings is 1. The second kappa shape index (κ2) is 8.73. The van der Waals surface area contributed by atoms with Crippen LogP contribution in [0.15, 0.2) is 53.5 Å². The Morgan fingerprint density at radius 3 is 2.82 bits per heavy atom. The van der Waals surface area contributed by atoms with Crippen LogP contribution in [0.5, 0.6) is 11.5 Å². The Labute approximate surface area is 189 Å². The van der Waals surface area contributed by atoms with E-state index in [9.17, 15) is 4.79 Å². The molecule has 4 aromatic rings. The molecule has 1 aromatic carbocycles. The van der Waals surface area contributed by atoms with Crippen LogP contribution in [0.1, 0.15) is 40.5 Å². The summed E-state index contributed by atoms with van der Waals surface area (Å²) in [5, 5.41) is 11.2. The summed E-state index contributed by atoms with van der Waals surface area (Å²) < 4.78 is 17.3. The third-order valence-corrected chi connectivity index (χ3v) is 5.45. The third kappa shape index (κ3) is 4.14. The van der Waals surface area contributed by atoms with Gasteiger partial charge in [-0.05, 0) is 37.1 Å². The second-order valence-corrected chi connectivity index (χ2v) is 7.61. The van der Waals surface area contributed by atoms with Crippen molar-refractivity contribution in [2.75, 3.05) is 14.2 Å². The number of carbonyl (C=O) groups is 1. The van der Waals surface area contributed by atoms with Crippen LogP contribution in [0.4, 0.5) is 0 Å².